The van der Waals surface area contributed by atoms with Gasteiger partial charge in [-0.2, -0.15) is 5.10 Å². The fraction of sp³-hybridized carbons (Fsp3) is 0.700. The van der Waals surface area contributed by atoms with Crippen LogP contribution in [0.3, 0.4) is 0 Å². The van der Waals surface area contributed by atoms with Crippen molar-refractivity contribution in [2.45, 2.75) is 32.3 Å². The lowest BCUT2D eigenvalue weighted by Gasteiger charge is -2.30. The van der Waals surface area contributed by atoms with E-state index in [9.17, 15) is 5.11 Å². The second-order valence-corrected chi connectivity index (χ2v) is 5.00. The molecule has 0 bridgehead atoms. The van der Waals surface area contributed by atoms with Crippen LogP contribution in [-0.4, -0.2) is 14.9 Å². The molecule has 1 unspecified atom stereocenters. The van der Waals surface area contributed by atoms with Crippen molar-refractivity contribution in [2.24, 2.45) is 12.5 Å². The van der Waals surface area contributed by atoms with Crippen molar-refractivity contribution in [3.63, 3.8) is 0 Å². The van der Waals surface area contributed by atoms with Gasteiger partial charge in [0.15, 0.2) is 0 Å². The van der Waals surface area contributed by atoms with E-state index in [2.05, 4.69) is 12.0 Å². The van der Waals surface area contributed by atoms with Gasteiger partial charge in [0.1, 0.15) is 5.60 Å². The van der Waals surface area contributed by atoms with Crippen molar-refractivity contribution >= 4 is 11.6 Å². The lowest BCUT2D eigenvalue weighted by molar-refractivity contribution is -0.0198. The summed E-state index contributed by atoms with van der Waals surface area (Å²) in [5.41, 5.74) is -0.195. The third-order valence-corrected chi connectivity index (χ3v) is 3.81. The summed E-state index contributed by atoms with van der Waals surface area (Å²) in [6.45, 7) is 3.90. The molecule has 1 aliphatic carbocycles. The number of halogens is 1. The van der Waals surface area contributed by atoms with Crippen LogP contribution in [0.15, 0.2) is 6.20 Å². The summed E-state index contributed by atoms with van der Waals surface area (Å²) in [5, 5.41) is 15.1. The zero-order valence-corrected chi connectivity index (χ0v) is 9.47. The van der Waals surface area contributed by atoms with Crippen LogP contribution in [-0.2, 0) is 12.6 Å². The highest BCUT2D eigenvalue weighted by Crippen LogP contribution is 2.58. The van der Waals surface area contributed by atoms with Crippen molar-refractivity contribution in [3.05, 3.63) is 16.9 Å². The van der Waals surface area contributed by atoms with E-state index in [0.717, 1.165) is 18.5 Å². The smallest absolute Gasteiger partial charge is 0.110 e. The summed E-state index contributed by atoms with van der Waals surface area (Å²) in [6.07, 6.45) is 3.67. The normalized spacial score (nSPS) is 23.2. The maximum absolute atomic E-state index is 10.5. The summed E-state index contributed by atoms with van der Waals surface area (Å²) in [7, 11) is 1.81. The number of aryl methyl sites for hydroxylation is 1. The first-order valence-electron chi connectivity index (χ1n) is 4.79. The molecule has 0 aliphatic heterocycles. The van der Waals surface area contributed by atoms with E-state index in [-0.39, 0.29) is 5.41 Å². The molecule has 0 spiro atoms. The maximum Gasteiger partial charge on any atom is 0.110 e. The third kappa shape index (κ3) is 1.19. The molecule has 1 atom stereocenters. The highest BCUT2D eigenvalue weighted by molar-refractivity contribution is 6.31. The Kier molecular flexibility index (Phi) is 1.95. The van der Waals surface area contributed by atoms with Crippen molar-refractivity contribution in [1.29, 1.82) is 0 Å². The van der Waals surface area contributed by atoms with Gasteiger partial charge < -0.3 is 5.11 Å². The average Bonchev–Trinajstić information content (AvgIpc) is 2.73. The van der Waals surface area contributed by atoms with Crippen LogP contribution in [0.2, 0.25) is 5.02 Å². The first kappa shape index (κ1) is 9.99. The van der Waals surface area contributed by atoms with E-state index >= 15 is 0 Å². The van der Waals surface area contributed by atoms with Crippen molar-refractivity contribution in [1.82, 2.24) is 9.78 Å². The van der Waals surface area contributed by atoms with Crippen LogP contribution < -0.4 is 0 Å². The zero-order valence-electron chi connectivity index (χ0n) is 8.71. The van der Waals surface area contributed by atoms with E-state index in [1.165, 1.54) is 0 Å². The molecule has 14 heavy (non-hydrogen) atoms. The Labute approximate surface area is 88.7 Å². The number of aliphatic hydroxyl groups is 1. The first-order valence-corrected chi connectivity index (χ1v) is 5.17. The molecule has 2 rings (SSSR count). The highest BCUT2D eigenvalue weighted by Gasteiger charge is 2.55. The van der Waals surface area contributed by atoms with Gasteiger partial charge in [-0.05, 0) is 19.8 Å². The standard InChI is InChI=1S/C10H15ClN2O/c1-9(4-5-9)10(2,14)8-7(11)6-12-13(8)3/h6,14H,4-5H2,1-3H3. The quantitative estimate of drug-likeness (QED) is 0.819. The lowest BCUT2D eigenvalue weighted by Crippen LogP contribution is -2.34. The van der Waals surface area contributed by atoms with Gasteiger partial charge in [0.25, 0.3) is 0 Å². The van der Waals surface area contributed by atoms with Gasteiger partial charge in [-0.25, -0.2) is 0 Å². The molecule has 1 heterocycles. The Bertz CT molecular complexity index is 347. The van der Waals surface area contributed by atoms with E-state index in [0.29, 0.717) is 5.02 Å². The molecule has 0 radical (unpaired) electrons. The Balaban J connectivity index is 2.48. The Hall–Kier alpha value is -0.540. The zero-order chi connectivity index (χ0) is 10.6. The molecule has 3 nitrogen and oxygen atoms in total. The summed E-state index contributed by atoms with van der Waals surface area (Å²) >= 11 is 6.02. The van der Waals surface area contributed by atoms with E-state index in [1.54, 1.807) is 17.9 Å². The molecule has 0 amide bonds. The van der Waals surface area contributed by atoms with E-state index < -0.39 is 5.60 Å². The van der Waals surface area contributed by atoms with Gasteiger partial charge in [0.2, 0.25) is 0 Å². The van der Waals surface area contributed by atoms with Crippen LogP contribution in [0, 0.1) is 5.41 Å². The molecule has 1 aromatic heterocycles. The van der Waals surface area contributed by atoms with Gasteiger partial charge >= 0.3 is 0 Å². The second-order valence-electron chi connectivity index (χ2n) is 4.60. The number of hydrogen-bond acceptors (Lipinski definition) is 2. The molecule has 1 aromatic rings. The number of nitrogens with zero attached hydrogens (tertiary/aromatic N) is 2. The minimum absolute atomic E-state index is 0.0373. The summed E-state index contributed by atoms with van der Waals surface area (Å²) in [5.74, 6) is 0. The SMILES string of the molecule is Cn1ncc(Cl)c1C(C)(O)C1(C)CC1. The lowest BCUT2D eigenvalue weighted by atomic mass is 9.84. The largest absolute Gasteiger partial charge is 0.383 e. The fourth-order valence-corrected chi connectivity index (χ4v) is 2.27. The molecule has 1 saturated carbocycles. The van der Waals surface area contributed by atoms with Gasteiger partial charge in [0, 0.05) is 12.5 Å². The van der Waals surface area contributed by atoms with Crippen LogP contribution >= 0.6 is 11.6 Å². The molecule has 1 fully saturated rings. The molecular formula is C10H15ClN2O. The molecule has 1 N–H and O–H groups in total. The van der Waals surface area contributed by atoms with Crippen LogP contribution in [0.4, 0.5) is 0 Å². The monoisotopic (exact) mass is 214 g/mol. The summed E-state index contributed by atoms with van der Waals surface area (Å²) in [4.78, 5) is 0. The Morgan fingerprint density at radius 2 is 2.21 bits per heavy atom. The minimum Gasteiger partial charge on any atom is -0.383 e. The first-order chi connectivity index (χ1) is 6.38. The van der Waals surface area contributed by atoms with Gasteiger partial charge in [0.05, 0.1) is 16.9 Å². The number of rotatable bonds is 2. The van der Waals surface area contributed by atoms with Crippen molar-refractivity contribution in [3.8, 4) is 0 Å². The summed E-state index contributed by atoms with van der Waals surface area (Å²) in [6, 6.07) is 0. The van der Waals surface area contributed by atoms with E-state index in [4.69, 9.17) is 11.6 Å². The highest BCUT2D eigenvalue weighted by atomic mass is 35.5. The van der Waals surface area contributed by atoms with Gasteiger partial charge in [-0.15, -0.1) is 0 Å². The predicted molar refractivity (Wildman–Crippen MR) is 55.1 cm³/mol. The third-order valence-electron chi connectivity index (χ3n) is 3.53. The number of hydrogen-bond donors (Lipinski definition) is 1. The average molecular weight is 215 g/mol. The molecule has 0 saturated heterocycles. The molecular weight excluding hydrogens is 200 g/mol. The van der Waals surface area contributed by atoms with E-state index in [1.807, 2.05) is 6.92 Å². The maximum atomic E-state index is 10.5. The predicted octanol–water partition coefficient (Wildman–Crippen LogP) is 2.08. The second kappa shape index (κ2) is 2.74. The van der Waals surface area contributed by atoms with Crippen molar-refractivity contribution < 1.29 is 5.11 Å². The summed E-state index contributed by atoms with van der Waals surface area (Å²) < 4.78 is 1.66. The van der Waals surface area contributed by atoms with Gasteiger partial charge in [-0.1, -0.05) is 18.5 Å². The molecule has 1 aliphatic rings. The number of aromatic nitrogens is 2. The fourth-order valence-electron chi connectivity index (χ4n) is 1.92. The Morgan fingerprint density at radius 3 is 2.57 bits per heavy atom. The molecule has 4 heteroatoms. The van der Waals surface area contributed by atoms with Crippen LogP contribution in [0.25, 0.3) is 0 Å². The van der Waals surface area contributed by atoms with Crippen LogP contribution in [0.5, 0.6) is 0 Å². The molecule has 0 aromatic carbocycles. The minimum atomic E-state index is -0.880. The van der Waals surface area contributed by atoms with Crippen molar-refractivity contribution in [2.75, 3.05) is 0 Å². The molecule has 78 valence electrons. The topological polar surface area (TPSA) is 38.0 Å². The van der Waals surface area contributed by atoms with Gasteiger partial charge in [-0.3, -0.25) is 4.68 Å². The Morgan fingerprint density at radius 1 is 1.64 bits per heavy atom. The van der Waals surface area contributed by atoms with Crippen LogP contribution in [0.1, 0.15) is 32.4 Å².